The molecule has 4 aromatic rings. The van der Waals surface area contributed by atoms with Gasteiger partial charge in [-0.2, -0.15) is 0 Å². The van der Waals surface area contributed by atoms with E-state index in [-0.39, 0.29) is 122 Å². The first-order valence-corrected chi connectivity index (χ1v) is 34.9. The number of hydrogen-bond acceptors (Lipinski definition) is 21. The standard InChI is InChI=1S/C75H96N10O21/c1-13-26-104-73(95)81-64(43(4)5)68(90)77-47(9)66(88)79-51-23-19-49(20-24-51)41-106-75(97)85-55-37-61(59(100-12)35-53(55)70(92)83-39-45(7)33-57(83)72(85)94)103-28-16-14-15-27-102-60-36-54-52(34-58(60)99-11)69(91)82-38-44(6)32-56(82)71(93)84(54)74(96)105-40-48-17-21-50(22-18-48)78-65(87)46(8)76-67(89)63(42(2)3)80-62(86)25-29-101-31-30-98-10/h13,17-24,34-39,42-43,46-47,56-57,63-64,71-72,93-94H,1,14-16,25-33,40-41H2,2-12H3,(H,76,89)(H,77,90)(H,78,87)(H,79,88)(H,80,86)(H,81,95)/t46-,47-,56+,57?,63-,64-,71+,72+/m1/s1. The number of carbonyl (C=O) groups excluding carboxylic acids is 10. The van der Waals surface area contributed by atoms with Crippen molar-refractivity contribution in [1.82, 2.24) is 31.1 Å². The van der Waals surface area contributed by atoms with Crippen LogP contribution in [0, 0.1) is 11.8 Å². The van der Waals surface area contributed by atoms with Crippen molar-refractivity contribution in [2.75, 3.05) is 81.4 Å². The van der Waals surface area contributed by atoms with Crippen LogP contribution >= 0.6 is 0 Å². The number of anilines is 4. The first kappa shape index (κ1) is 80.9. The molecule has 8 rings (SSSR count). The van der Waals surface area contributed by atoms with Crippen molar-refractivity contribution in [1.29, 1.82) is 0 Å². The van der Waals surface area contributed by atoms with Gasteiger partial charge in [-0.25, -0.2) is 24.2 Å². The molecule has 8 atom stereocenters. The largest absolute Gasteiger partial charge is 0.493 e. The van der Waals surface area contributed by atoms with Gasteiger partial charge in [-0.1, -0.05) is 75.8 Å². The molecule has 0 bridgehead atoms. The predicted molar refractivity (Wildman–Crippen MR) is 388 cm³/mol. The van der Waals surface area contributed by atoms with Gasteiger partial charge in [-0.3, -0.25) is 33.6 Å². The van der Waals surface area contributed by atoms with Crippen molar-refractivity contribution in [3.05, 3.63) is 131 Å². The van der Waals surface area contributed by atoms with E-state index in [1.807, 2.05) is 13.8 Å². The second-order valence-electron chi connectivity index (χ2n) is 26.6. The Morgan fingerprint density at radius 3 is 1.38 bits per heavy atom. The smallest absolute Gasteiger partial charge is 0.416 e. The molecule has 10 amide bonds. The van der Waals surface area contributed by atoms with Gasteiger partial charge >= 0.3 is 18.3 Å². The molecule has 1 unspecified atom stereocenters. The van der Waals surface area contributed by atoms with Gasteiger partial charge in [0.25, 0.3) is 11.8 Å². The molecule has 106 heavy (non-hydrogen) atoms. The minimum absolute atomic E-state index is 0.00237. The number of alkyl carbamates (subject to hydrolysis) is 1. The highest BCUT2D eigenvalue weighted by molar-refractivity contribution is 6.08. The molecule has 0 aromatic heterocycles. The van der Waals surface area contributed by atoms with E-state index in [9.17, 15) is 58.2 Å². The van der Waals surface area contributed by atoms with Gasteiger partial charge in [0, 0.05) is 49.4 Å². The van der Waals surface area contributed by atoms with Gasteiger partial charge in [0.15, 0.2) is 35.5 Å². The summed E-state index contributed by atoms with van der Waals surface area (Å²) < 4.78 is 50.9. The maximum absolute atomic E-state index is 14.4. The molecule has 4 heterocycles. The maximum Gasteiger partial charge on any atom is 0.416 e. The van der Waals surface area contributed by atoms with E-state index in [1.165, 1.54) is 75.3 Å². The number of nitrogens with zero attached hydrogens (tertiary/aromatic N) is 4. The molecule has 0 fully saturated rings. The van der Waals surface area contributed by atoms with Gasteiger partial charge in [0.05, 0.1) is 81.8 Å². The number of amides is 10. The fraction of sp³-hybridized carbons (Fsp3) is 0.467. The number of nitrogens with one attached hydrogen (secondary N) is 6. The number of hydrogen-bond donors (Lipinski definition) is 8. The van der Waals surface area contributed by atoms with Crippen LogP contribution in [-0.4, -0.2) is 189 Å². The van der Waals surface area contributed by atoms with Crippen molar-refractivity contribution in [2.45, 2.75) is 156 Å². The molecule has 0 saturated carbocycles. The highest BCUT2D eigenvalue weighted by Gasteiger charge is 2.47. The monoisotopic (exact) mass is 1470 g/mol. The lowest BCUT2D eigenvalue weighted by atomic mass is 10.0. The van der Waals surface area contributed by atoms with E-state index in [1.54, 1.807) is 88.6 Å². The zero-order valence-electron chi connectivity index (χ0n) is 61.5. The Labute approximate surface area is 615 Å². The Bertz CT molecular complexity index is 3920. The molecule has 8 N–H and O–H groups in total. The van der Waals surface area contributed by atoms with Crippen LogP contribution in [0.2, 0.25) is 0 Å². The molecular weight excluding hydrogens is 1380 g/mol. The highest BCUT2D eigenvalue weighted by Crippen LogP contribution is 2.44. The van der Waals surface area contributed by atoms with Crippen molar-refractivity contribution in [3.63, 3.8) is 0 Å². The number of aliphatic hydroxyl groups excluding tert-OH is 2. The predicted octanol–water partition coefficient (Wildman–Crippen LogP) is 7.54. The number of rotatable bonds is 34. The van der Waals surface area contributed by atoms with Gasteiger partial charge in [0.2, 0.25) is 29.5 Å². The average Bonchev–Trinajstić information content (AvgIpc) is 1.50. The SMILES string of the molecule is C=CCOC(=O)N[C@@H](C(=O)N[C@H](C)C(=O)Nc1ccc(COC(=O)N2c3cc(OCCCCCOc4cc5c(cc4OC)C(=O)N4C=C(C)C[C@H]4[C@H](O)N5C(=O)OCc4ccc(NC(=O)[C@@H](C)NC(=O)[C@H](NC(=O)CCOCCOC)C(C)C)cc4)c(OC)cc3C(=O)N3C=C(C)CC3[C@@H]2O)cc1)C(C)C. The molecule has 31 nitrogen and oxygen atoms in total. The van der Waals surface area contributed by atoms with Crippen molar-refractivity contribution in [3.8, 4) is 23.0 Å². The van der Waals surface area contributed by atoms with Crippen LogP contribution in [0.25, 0.3) is 0 Å². The molecule has 572 valence electrons. The second kappa shape index (κ2) is 37.8. The zero-order valence-corrected chi connectivity index (χ0v) is 61.5. The number of aliphatic hydroxyl groups is 2. The van der Waals surface area contributed by atoms with Gasteiger partial charge in [0.1, 0.15) is 44.0 Å². The van der Waals surface area contributed by atoms with E-state index in [2.05, 4.69) is 38.5 Å². The lowest BCUT2D eigenvalue weighted by Crippen LogP contribution is -2.53. The van der Waals surface area contributed by atoms with E-state index < -0.39 is 102 Å². The third-order valence-electron chi connectivity index (χ3n) is 17.8. The summed E-state index contributed by atoms with van der Waals surface area (Å²) in [5.41, 5.74) is 3.39. The summed E-state index contributed by atoms with van der Waals surface area (Å²) in [7, 11) is 4.34. The summed E-state index contributed by atoms with van der Waals surface area (Å²) >= 11 is 0. The number of ether oxygens (including phenoxy) is 9. The van der Waals surface area contributed by atoms with Crippen LogP contribution in [0.1, 0.15) is 126 Å². The number of unbranched alkanes of at least 4 members (excludes halogenated alkanes) is 2. The normalized spacial score (nSPS) is 17.6. The van der Waals surface area contributed by atoms with Crippen LogP contribution in [-0.2, 0) is 60.9 Å². The molecule has 0 spiro atoms. The lowest BCUT2D eigenvalue weighted by molar-refractivity contribution is -0.132. The first-order valence-electron chi connectivity index (χ1n) is 34.9. The molecule has 4 aliphatic rings. The summed E-state index contributed by atoms with van der Waals surface area (Å²) in [6, 6.07) is 12.9. The van der Waals surface area contributed by atoms with Crippen LogP contribution < -0.4 is 60.6 Å². The van der Waals surface area contributed by atoms with Crippen molar-refractivity contribution >= 4 is 82.4 Å². The molecule has 0 aliphatic carbocycles. The Morgan fingerprint density at radius 1 is 0.538 bits per heavy atom. The summed E-state index contributed by atoms with van der Waals surface area (Å²) in [6.45, 7) is 17.6. The van der Waals surface area contributed by atoms with E-state index >= 15 is 0 Å². The Morgan fingerprint density at radius 2 is 0.972 bits per heavy atom. The van der Waals surface area contributed by atoms with Crippen LogP contribution in [0.15, 0.2) is 109 Å². The zero-order chi connectivity index (χ0) is 77.1. The molecule has 0 radical (unpaired) electrons. The van der Waals surface area contributed by atoms with Gasteiger partial charge in [-0.05, 0) is 119 Å². The molecule has 4 aliphatic heterocycles. The Balaban J connectivity index is 0.870. The first-order chi connectivity index (χ1) is 50.7. The van der Waals surface area contributed by atoms with Crippen LogP contribution in [0.3, 0.4) is 0 Å². The van der Waals surface area contributed by atoms with Crippen molar-refractivity contribution in [2.24, 2.45) is 11.8 Å². The Kier molecular flexibility index (Phi) is 28.8. The summed E-state index contributed by atoms with van der Waals surface area (Å²) in [4.78, 5) is 140. The van der Waals surface area contributed by atoms with Gasteiger partial charge < -0.3 is 94.5 Å². The molecule has 4 aromatic carbocycles. The summed E-state index contributed by atoms with van der Waals surface area (Å²) in [5, 5.41) is 40.0. The second-order valence-corrected chi connectivity index (χ2v) is 26.6. The fourth-order valence-corrected chi connectivity index (χ4v) is 12.1. The quantitative estimate of drug-likeness (QED) is 0.0127. The van der Waals surface area contributed by atoms with Crippen LogP contribution in [0.4, 0.5) is 37.1 Å². The molecular formula is C75H96N10O21. The van der Waals surface area contributed by atoms with E-state index in [0.717, 1.165) is 20.9 Å². The fourth-order valence-electron chi connectivity index (χ4n) is 12.1. The Hall–Kier alpha value is -10.8. The third-order valence-corrected chi connectivity index (χ3v) is 17.8. The average molecular weight is 1470 g/mol. The number of benzene rings is 4. The third kappa shape index (κ3) is 20.6. The highest BCUT2D eigenvalue weighted by atomic mass is 16.6. The minimum Gasteiger partial charge on any atom is -0.493 e. The van der Waals surface area contributed by atoms with E-state index in [4.69, 9.17) is 42.6 Å². The number of methoxy groups -OCH3 is 3. The minimum atomic E-state index is -1.58. The van der Waals surface area contributed by atoms with Gasteiger partial charge in [-0.15, -0.1) is 0 Å². The maximum atomic E-state index is 14.4. The summed E-state index contributed by atoms with van der Waals surface area (Å²) in [6.07, 6.45) is 0.711. The van der Waals surface area contributed by atoms with Crippen LogP contribution in [0.5, 0.6) is 23.0 Å². The lowest BCUT2D eigenvalue weighted by Gasteiger charge is -2.31. The van der Waals surface area contributed by atoms with Crippen molar-refractivity contribution < 1.29 is 101 Å². The number of fused-ring (bicyclic) bond motifs is 4. The molecule has 0 saturated heterocycles. The summed E-state index contributed by atoms with van der Waals surface area (Å²) in [5.74, 6) is -3.57. The van der Waals surface area contributed by atoms with E-state index in [0.29, 0.717) is 55.0 Å². The molecule has 31 heteroatoms. The number of carbonyl (C=O) groups is 10. The topological polar surface area (TPSA) is 379 Å².